The first-order valence-corrected chi connectivity index (χ1v) is 15.3. The third kappa shape index (κ3) is 41.3. The predicted molar refractivity (Wildman–Crippen MR) is 155 cm³/mol. The molecule has 0 aromatic rings. The summed E-state index contributed by atoms with van der Waals surface area (Å²) in [6.45, 7) is 4.80. The SMILES string of the molecule is CCCCCCCCCCCC(=O)NCCC(=O)[O-].CCCCCCCCCCCC(=O)NCCC(=O)[O-].[Mg+2]. The summed E-state index contributed by atoms with van der Waals surface area (Å²) in [6, 6.07) is 0. The van der Waals surface area contributed by atoms with Crippen molar-refractivity contribution in [1.29, 1.82) is 0 Å². The molecule has 0 spiro atoms. The quantitative estimate of drug-likeness (QED) is 0.120. The molecule has 2 N–H and O–H groups in total. The fourth-order valence-electron chi connectivity index (χ4n) is 3.98. The number of unbranched alkanes of at least 4 members (excludes halogenated alkanes) is 16. The minimum atomic E-state index is -1.12. The molecule has 0 unspecified atom stereocenters. The van der Waals surface area contributed by atoms with E-state index in [-0.39, 0.29) is 60.8 Å². The maximum absolute atomic E-state index is 11.3. The van der Waals surface area contributed by atoms with Crippen molar-refractivity contribution < 1.29 is 29.4 Å². The van der Waals surface area contributed by atoms with Gasteiger partial charge in [0.25, 0.3) is 0 Å². The number of aliphatic carboxylic acids is 2. The number of carboxylic acid groups (broad SMARTS) is 2. The average molecular weight is 565 g/mol. The van der Waals surface area contributed by atoms with Gasteiger partial charge in [0, 0.05) is 50.7 Å². The molecule has 0 aliphatic carbocycles. The number of carboxylic acids is 2. The molecule has 2 amide bonds. The minimum absolute atomic E-state index is 0. The Morgan fingerprint density at radius 2 is 0.692 bits per heavy atom. The van der Waals surface area contributed by atoms with Crippen molar-refractivity contribution in [1.82, 2.24) is 10.6 Å². The Morgan fingerprint density at radius 1 is 0.436 bits per heavy atom. The molecule has 0 rings (SSSR count). The molecule has 0 aromatic heterocycles. The second-order valence-electron chi connectivity index (χ2n) is 10.1. The van der Waals surface area contributed by atoms with Gasteiger partial charge in [-0.1, -0.05) is 117 Å². The van der Waals surface area contributed by atoms with Gasteiger partial charge in [0.2, 0.25) is 11.8 Å². The van der Waals surface area contributed by atoms with Crippen LogP contribution in [0.25, 0.3) is 0 Å². The third-order valence-corrected chi connectivity index (χ3v) is 6.32. The van der Waals surface area contributed by atoms with Gasteiger partial charge < -0.3 is 30.4 Å². The van der Waals surface area contributed by atoms with E-state index in [1.807, 2.05) is 0 Å². The topological polar surface area (TPSA) is 138 Å². The smallest absolute Gasteiger partial charge is 0.550 e. The summed E-state index contributed by atoms with van der Waals surface area (Å²) in [7, 11) is 0. The molecule has 0 heterocycles. The van der Waals surface area contributed by atoms with Crippen molar-refractivity contribution in [3.8, 4) is 0 Å². The molecule has 0 aliphatic rings. The summed E-state index contributed by atoms with van der Waals surface area (Å²) in [5, 5.41) is 25.4. The summed E-state index contributed by atoms with van der Waals surface area (Å²) in [4.78, 5) is 42.9. The standard InChI is InChI=1S/2C15H29NO3.Mg/c2*1-2-3-4-5-6-7-8-9-10-11-14(17)16-13-12-15(18)19;/h2*2-13H2,1H3,(H,16,17)(H,18,19);/q;;+2/p-2. The molecular formula is C30H56MgN2O6. The van der Waals surface area contributed by atoms with E-state index in [9.17, 15) is 29.4 Å². The molecule has 8 nitrogen and oxygen atoms in total. The van der Waals surface area contributed by atoms with E-state index >= 15 is 0 Å². The van der Waals surface area contributed by atoms with E-state index in [2.05, 4.69) is 24.5 Å². The number of hydrogen-bond donors (Lipinski definition) is 2. The van der Waals surface area contributed by atoms with Crippen LogP contribution in [0.1, 0.15) is 155 Å². The van der Waals surface area contributed by atoms with Gasteiger partial charge in [0.15, 0.2) is 0 Å². The number of hydrogen-bond acceptors (Lipinski definition) is 6. The maximum Gasteiger partial charge on any atom is 2.00 e. The van der Waals surface area contributed by atoms with Crippen LogP contribution in [0.5, 0.6) is 0 Å². The first-order chi connectivity index (χ1) is 18.3. The normalized spacial score (nSPS) is 10.1. The minimum Gasteiger partial charge on any atom is -0.550 e. The van der Waals surface area contributed by atoms with Crippen LogP contribution in [0, 0.1) is 0 Å². The molecule has 0 fully saturated rings. The van der Waals surface area contributed by atoms with Crippen LogP contribution in [0.3, 0.4) is 0 Å². The van der Waals surface area contributed by atoms with Gasteiger partial charge in [-0.25, -0.2) is 0 Å². The van der Waals surface area contributed by atoms with E-state index in [0.717, 1.165) is 25.7 Å². The van der Waals surface area contributed by atoms with Gasteiger partial charge in [-0.05, 0) is 12.8 Å². The number of carbonyl (C=O) groups is 4. The molecule has 9 heteroatoms. The van der Waals surface area contributed by atoms with Gasteiger partial charge in [0.1, 0.15) is 0 Å². The second-order valence-corrected chi connectivity index (χ2v) is 10.1. The predicted octanol–water partition coefficient (Wildman–Crippen LogP) is 3.95. The van der Waals surface area contributed by atoms with Gasteiger partial charge in [0.05, 0.1) is 0 Å². The summed E-state index contributed by atoms with van der Waals surface area (Å²) < 4.78 is 0. The number of nitrogens with one attached hydrogen (secondary N) is 2. The number of amides is 2. The van der Waals surface area contributed by atoms with Gasteiger partial charge in [-0.2, -0.15) is 0 Å². The van der Waals surface area contributed by atoms with E-state index in [4.69, 9.17) is 0 Å². The Kier molecular flexibility index (Phi) is 37.4. The molecule has 0 saturated heterocycles. The van der Waals surface area contributed by atoms with Crippen LogP contribution < -0.4 is 20.8 Å². The van der Waals surface area contributed by atoms with Crippen molar-refractivity contribution in [2.24, 2.45) is 0 Å². The van der Waals surface area contributed by atoms with Crippen molar-refractivity contribution in [2.75, 3.05) is 13.1 Å². The Hall–Kier alpha value is -1.35. The maximum atomic E-state index is 11.3. The Balaban J connectivity index is -0.000000648. The molecule has 0 aromatic carbocycles. The molecule has 0 atom stereocenters. The molecule has 0 bridgehead atoms. The molecule has 0 aliphatic heterocycles. The van der Waals surface area contributed by atoms with E-state index in [0.29, 0.717) is 12.8 Å². The van der Waals surface area contributed by atoms with Crippen LogP contribution >= 0.6 is 0 Å². The van der Waals surface area contributed by atoms with Crippen molar-refractivity contribution in [2.45, 2.75) is 155 Å². The summed E-state index contributed by atoms with van der Waals surface area (Å²) in [5.41, 5.74) is 0. The summed E-state index contributed by atoms with van der Waals surface area (Å²) in [5.74, 6) is -2.35. The Labute approximate surface area is 254 Å². The first kappa shape index (κ1) is 42.1. The van der Waals surface area contributed by atoms with E-state index in [1.165, 1.54) is 89.9 Å². The van der Waals surface area contributed by atoms with Gasteiger partial charge >= 0.3 is 23.1 Å². The van der Waals surface area contributed by atoms with E-state index < -0.39 is 11.9 Å². The van der Waals surface area contributed by atoms with Crippen molar-refractivity contribution in [3.05, 3.63) is 0 Å². The third-order valence-electron chi connectivity index (χ3n) is 6.32. The van der Waals surface area contributed by atoms with Crippen LogP contribution in [-0.2, 0) is 19.2 Å². The summed E-state index contributed by atoms with van der Waals surface area (Å²) in [6.07, 6.45) is 22.9. The number of carbonyl (C=O) groups excluding carboxylic acids is 4. The molecule has 0 saturated carbocycles. The zero-order valence-corrected chi connectivity index (χ0v) is 26.5. The van der Waals surface area contributed by atoms with Crippen LogP contribution in [0.2, 0.25) is 0 Å². The van der Waals surface area contributed by atoms with Crippen molar-refractivity contribution >= 4 is 46.8 Å². The van der Waals surface area contributed by atoms with Crippen LogP contribution in [0.15, 0.2) is 0 Å². The molecule has 0 radical (unpaired) electrons. The van der Waals surface area contributed by atoms with E-state index in [1.54, 1.807) is 0 Å². The Morgan fingerprint density at radius 3 is 0.949 bits per heavy atom. The van der Waals surface area contributed by atoms with Gasteiger partial charge in [-0.3, -0.25) is 9.59 Å². The molecule has 224 valence electrons. The zero-order chi connectivity index (χ0) is 28.7. The zero-order valence-electron chi connectivity index (χ0n) is 25.1. The molecular weight excluding hydrogens is 509 g/mol. The average Bonchev–Trinajstić information content (AvgIpc) is 2.86. The fraction of sp³-hybridized carbons (Fsp3) is 0.867. The molecule has 39 heavy (non-hydrogen) atoms. The summed E-state index contributed by atoms with van der Waals surface area (Å²) >= 11 is 0. The Bertz CT molecular complexity index is 540. The van der Waals surface area contributed by atoms with Crippen LogP contribution in [0.4, 0.5) is 0 Å². The fourth-order valence-corrected chi connectivity index (χ4v) is 3.98. The monoisotopic (exact) mass is 564 g/mol. The number of rotatable bonds is 26. The second kappa shape index (κ2) is 34.7. The van der Waals surface area contributed by atoms with Crippen LogP contribution in [-0.4, -0.2) is 59.9 Å². The van der Waals surface area contributed by atoms with Crippen molar-refractivity contribution in [3.63, 3.8) is 0 Å². The first-order valence-electron chi connectivity index (χ1n) is 15.3. The van der Waals surface area contributed by atoms with Gasteiger partial charge in [-0.15, -0.1) is 0 Å². The largest absolute Gasteiger partial charge is 2.00 e.